The molecule has 18 heavy (non-hydrogen) atoms. The summed E-state index contributed by atoms with van der Waals surface area (Å²) in [6.07, 6.45) is 3.77. The Morgan fingerprint density at radius 3 is 2.67 bits per heavy atom. The molecule has 5 heteroatoms. The first kappa shape index (κ1) is 12.9. The Morgan fingerprint density at radius 1 is 1.33 bits per heavy atom. The first-order valence-corrected chi connectivity index (χ1v) is 6.86. The van der Waals surface area contributed by atoms with Gasteiger partial charge < -0.3 is 16.0 Å². The maximum absolute atomic E-state index is 5.76. The van der Waals surface area contributed by atoms with Crippen molar-refractivity contribution in [1.29, 1.82) is 0 Å². The van der Waals surface area contributed by atoms with Gasteiger partial charge in [0, 0.05) is 25.7 Å². The third-order valence-corrected chi connectivity index (χ3v) is 3.60. The predicted molar refractivity (Wildman–Crippen MR) is 75.8 cm³/mol. The fourth-order valence-corrected chi connectivity index (χ4v) is 2.46. The molecular weight excluding hydrogens is 226 g/mol. The largest absolute Gasteiger partial charge is 0.370 e. The average Bonchev–Trinajstić information content (AvgIpc) is 2.38. The van der Waals surface area contributed by atoms with Gasteiger partial charge in [-0.3, -0.25) is 0 Å². The van der Waals surface area contributed by atoms with Gasteiger partial charge in [0.1, 0.15) is 11.6 Å². The Kier molecular flexibility index (Phi) is 4.23. The number of nitrogen functional groups attached to an aromatic ring is 1. The van der Waals surface area contributed by atoms with Crippen molar-refractivity contribution in [3.63, 3.8) is 0 Å². The minimum absolute atomic E-state index is 0.348. The van der Waals surface area contributed by atoms with Crippen LogP contribution in [0, 0.1) is 5.92 Å². The maximum atomic E-state index is 5.76. The van der Waals surface area contributed by atoms with E-state index < -0.39 is 0 Å². The summed E-state index contributed by atoms with van der Waals surface area (Å²) in [7, 11) is 0. The van der Waals surface area contributed by atoms with Gasteiger partial charge in [-0.05, 0) is 25.7 Å². The van der Waals surface area contributed by atoms with Gasteiger partial charge in [0.15, 0.2) is 0 Å². The number of aromatic nitrogens is 2. The molecular formula is C13H23N5. The van der Waals surface area contributed by atoms with Crippen molar-refractivity contribution < 1.29 is 0 Å². The Bertz CT molecular complexity index is 385. The molecule has 1 aromatic heterocycles. The van der Waals surface area contributed by atoms with Gasteiger partial charge in [-0.1, -0.05) is 13.3 Å². The molecule has 1 aliphatic heterocycles. The lowest BCUT2D eigenvalue weighted by molar-refractivity contribution is 0.394. The first-order valence-electron chi connectivity index (χ1n) is 6.86. The molecule has 2 rings (SSSR count). The van der Waals surface area contributed by atoms with Crippen molar-refractivity contribution in [2.45, 2.75) is 33.1 Å². The number of nitrogens with two attached hydrogens (primary N) is 1. The fourth-order valence-electron chi connectivity index (χ4n) is 2.46. The number of rotatable bonds is 4. The van der Waals surface area contributed by atoms with Crippen molar-refractivity contribution in [1.82, 2.24) is 9.97 Å². The van der Waals surface area contributed by atoms with Gasteiger partial charge >= 0.3 is 0 Å². The summed E-state index contributed by atoms with van der Waals surface area (Å²) < 4.78 is 0. The van der Waals surface area contributed by atoms with E-state index in [4.69, 9.17) is 5.73 Å². The van der Waals surface area contributed by atoms with E-state index in [9.17, 15) is 0 Å². The summed E-state index contributed by atoms with van der Waals surface area (Å²) in [5.74, 6) is 2.99. The number of anilines is 3. The minimum Gasteiger partial charge on any atom is -0.370 e. The molecule has 1 aliphatic rings. The predicted octanol–water partition coefficient (Wildman–Crippen LogP) is 2.12. The second kappa shape index (κ2) is 5.89. The number of hydrogen-bond acceptors (Lipinski definition) is 5. The van der Waals surface area contributed by atoms with E-state index in [-0.39, 0.29) is 0 Å². The summed E-state index contributed by atoms with van der Waals surface area (Å²) in [5.41, 5.74) is 5.76. The van der Waals surface area contributed by atoms with Crippen LogP contribution >= 0.6 is 0 Å². The molecule has 5 nitrogen and oxygen atoms in total. The van der Waals surface area contributed by atoms with Gasteiger partial charge in [-0.25, -0.2) is 0 Å². The van der Waals surface area contributed by atoms with Crippen LogP contribution in [-0.4, -0.2) is 29.6 Å². The molecule has 0 saturated carbocycles. The number of nitrogens with zero attached hydrogens (tertiary/aromatic N) is 3. The molecule has 1 saturated heterocycles. The van der Waals surface area contributed by atoms with E-state index in [0.29, 0.717) is 5.95 Å². The summed E-state index contributed by atoms with van der Waals surface area (Å²) in [4.78, 5) is 10.8. The molecule has 100 valence electrons. The van der Waals surface area contributed by atoms with Crippen molar-refractivity contribution in [3.8, 4) is 0 Å². The van der Waals surface area contributed by atoms with Gasteiger partial charge in [0.25, 0.3) is 0 Å². The van der Waals surface area contributed by atoms with E-state index in [1.807, 2.05) is 13.0 Å². The first-order chi connectivity index (χ1) is 8.72. The zero-order valence-electron chi connectivity index (χ0n) is 11.3. The Morgan fingerprint density at radius 2 is 2.06 bits per heavy atom. The lowest BCUT2D eigenvalue weighted by Gasteiger charge is -2.32. The third kappa shape index (κ3) is 3.03. The highest BCUT2D eigenvalue weighted by atomic mass is 15.2. The molecule has 0 amide bonds. The quantitative estimate of drug-likeness (QED) is 0.855. The van der Waals surface area contributed by atoms with Crippen molar-refractivity contribution in [2.24, 2.45) is 5.92 Å². The van der Waals surface area contributed by atoms with E-state index >= 15 is 0 Å². The Labute approximate surface area is 109 Å². The molecule has 0 unspecified atom stereocenters. The van der Waals surface area contributed by atoms with Crippen molar-refractivity contribution in [2.75, 3.05) is 35.6 Å². The van der Waals surface area contributed by atoms with Crippen LogP contribution in [0.2, 0.25) is 0 Å². The Hall–Kier alpha value is -1.52. The summed E-state index contributed by atoms with van der Waals surface area (Å²) in [6, 6.07) is 1.99. The molecule has 0 aliphatic carbocycles. The van der Waals surface area contributed by atoms with Crippen LogP contribution in [0.3, 0.4) is 0 Å². The highest BCUT2D eigenvalue weighted by molar-refractivity contribution is 5.52. The SMILES string of the molecule is CCNc1cc(N2CCC(CC)CC2)nc(N)n1. The fraction of sp³-hybridized carbons (Fsp3) is 0.692. The van der Waals surface area contributed by atoms with Crippen molar-refractivity contribution in [3.05, 3.63) is 6.07 Å². The molecule has 0 radical (unpaired) electrons. The normalized spacial score (nSPS) is 16.9. The maximum Gasteiger partial charge on any atom is 0.223 e. The number of nitrogens with one attached hydrogen (secondary N) is 1. The lowest BCUT2D eigenvalue weighted by atomic mass is 9.94. The van der Waals surface area contributed by atoms with Crippen LogP contribution in [0.25, 0.3) is 0 Å². The van der Waals surface area contributed by atoms with Crippen LogP contribution in [0.5, 0.6) is 0 Å². The second-order valence-corrected chi connectivity index (χ2v) is 4.84. The van der Waals surface area contributed by atoms with Gasteiger partial charge in [-0.15, -0.1) is 0 Å². The molecule has 3 N–H and O–H groups in total. The molecule has 0 atom stereocenters. The summed E-state index contributed by atoms with van der Waals surface area (Å²) in [6.45, 7) is 7.30. The van der Waals surface area contributed by atoms with Crippen LogP contribution in [0.15, 0.2) is 6.07 Å². The minimum atomic E-state index is 0.348. The summed E-state index contributed by atoms with van der Waals surface area (Å²) >= 11 is 0. The molecule has 1 aromatic rings. The molecule has 0 bridgehead atoms. The van der Waals surface area contributed by atoms with Gasteiger partial charge in [0.05, 0.1) is 0 Å². The molecule has 1 fully saturated rings. The average molecular weight is 249 g/mol. The standard InChI is InChI=1S/C13H23N5/c1-3-10-5-7-18(8-6-10)12-9-11(15-4-2)16-13(14)17-12/h9-10H,3-8H2,1-2H3,(H3,14,15,16,17). The zero-order valence-corrected chi connectivity index (χ0v) is 11.3. The summed E-state index contributed by atoms with van der Waals surface area (Å²) in [5, 5.41) is 3.19. The molecule has 2 heterocycles. The van der Waals surface area contributed by atoms with Crippen LogP contribution < -0.4 is 16.0 Å². The lowest BCUT2D eigenvalue weighted by Crippen LogP contribution is -2.34. The van der Waals surface area contributed by atoms with E-state index in [0.717, 1.165) is 37.2 Å². The second-order valence-electron chi connectivity index (χ2n) is 4.84. The van der Waals surface area contributed by atoms with E-state index in [1.165, 1.54) is 19.3 Å². The Balaban J connectivity index is 2.08. The number of hydrogen-bond donors (Lipinski definition) is 2. The van der Waals surface area contributed by atoms with Gasteiger partial charge in [0.2, 0.25) is 5.95 Å². The molecule has 0 aromatic carbocycles. The topological polar surface area (TPSA) is 67.1 Å². The number of piperidine rings is 1. The molecule has 0 spiro atoms. The van der Waals surface area contributed by atoms with Crippen molar-refractivity contribution >= 4 is 17.6 Å². The van der Waals surface area contributed by atoms with Crippen LogP contribution in [-0.2, 0) is 0 Å². The van der Waals surface area contributed by atoms with E-state index in [1.54, 1.807) is 0 Å². The third-order valence-electron chi connectivity index (χ3n) is 3.60. The zero-order chi connectivity index (χ0) is 13.0. The highest BCUT2D eigenvalue weighted by Gasteiger charge is 2.19. The van der Waals surface area contributed by atoms with Crippen LogP contribution in [0.1, 0.15) is 33.1 Å². The highest BCUT2D eigenvalue weighted by Crippen LogP contribution is 2.25. The monoisotopic (exact) mass is 249 g/mol. The van der Waals surface area contributed by atoms with E-state index in [2.05, 4.69) is 27.1 Å². The van der Waals surface area contributed by atoms with Gasteiger partial charge in [-0.2, -0.15) is 9.97 Å². The smallest absolute Gasteiger partial charge is 0.223 e. The van der Waals surface area contributed by atoms with Crippen LogP contribution in [0.4, 0.5) is 17.6 Å².